The van der Waals surface area contributed by atoms with Crippen molar-refractivity contribution in [2.45, 2.75) is 9.79 Å². The monoisotopic (exact) mass is 410 g/mol. The van der Waals surface area contributed by atoms with Crippen LogP contribution in [0.5, 0.6) is 5.75 Å². The van der Waals surface area contributed by atoms with Gasteiger partial charge in [0.1, 0.15) is 26.7 Å². The Balaban J connectivity index is 2.97. The van der Waals surface area contributed by atoms with Crippen LogP contribution in [0.15, 0.2) is 43.3 Å². The zero-order valence-corrected chi connectivity index (χ0v) is 13.6. The molecule has 2 rings (SSSR count). The van der Waals surface area contributed by atoms with E-state index in [-0.39, 0.29) is 10.8 Å². The van der Waals surface area contributed by atoms with E-state index < -0.39 is 41.5 Å². The van der Waals surface area contributed by atoms with E-state index in [2.05, 4.69) is 25.4 Å². The maximum absolute atomic E-state index is 11.4. The van der Waals surface area contributed by atoms with E-state index in [1.54, 1.807) is 0 Å². The maximum atomic E-state index is 11.4. The van der Waals surface area contributed by atoms with Gasteiger partial charge in [-0.2, -0.15) is 16.8 Å². The van der Waals surface area contributed by atoms with Crippen molar-refractivity contribution in [1.29, 1.82) is 0 Å². The molecule has 0 radical (unpaired) electrons. The van der Waals surface area contributed by atoms with Gasteiger partial charge in [0.25, 0.3) is 20.2 Å². The number of nitrogens with zero attached hydrogens (tertiary/aromatic N) is 2. The molecule has 0 bridgehead atoms. The molecule has 0 amide bonds. The van der Waals surface area contributed by atoms with Crippen LogP contribution in [0.25, 0.3) is 10.8 Å². The summed E-state index contributed by atoms with van der Waals surface area (Å²) in [7, 11) is -9.28. The Morgan fingerprint density at radius 1 is 1.00 bits per heavy atom. The average molecular weight is 411 g/mol. The van der Waals surface area contributed by atoms with Gasteiger partial charge in [0, 0.05) is 5.39 Å². The minimum atomic E-state index is -4.76. The van der Waals surface area contributed by atoms with Crippen molar-refractivity contribution in [3.8, 4) is 5.75 Å². The molecule has 0 aromatic heterocycles. The summed E-state index contributed by atoms with van der Waals surface area (Å²) in [6.45, 7) is 0. The normalized spacial score (nSPS) is 13.0. The first-order valence-electron chi connectivity index (χ1n) is 5.32. The predicted octanol–water partition coefficient (Wildman–Crippen LogP) is 2.43. The summed E-state index contributed by atoms with van der Waals surface area (Å²) in [6, 6.07) is 4.00. The molecular formula is C10H7BrN2O7S2. The lowest BCUT2D eigenvalue weighted by molar-refractivity contribution is 0.472. The van der Waals surface area contributed by atoms with Crippen LogP contribution in [-0.4, -0.2) is 31.0 Å². The summed E-state index contributed by atoms with van der Waals surface area (Å²) in [4.78, 5) is -1.27. The number of rotatable bonds is 3. The third-order valence-electron chi connectivity index (χ3n) is 2.74. The van der Waals surface area contributed by atoms with E-state index in [1.807, 2.05) is 0 Å². The lowest BCUT2D eigenvalue weighted by Crippen LogP contribution is -2.00. The second-order valence-corrected chi connectivity index (χ2v) is 7.21. The summed E-state index contributed by atoms with van der Waals surface area (Å²) in [6.07, 6.45) is 0. The van der Waals surface area contributed by atoms with Crippen LogP contribution in [0.3, 0.4) is 0 Å². The van der Waals surface area contributed by atoms with Gasteiger partial charge in [0.05, 0.1) is 4.90 Å². The van der Waals surface area contributed by atoms with E-state index in [0.717, 1.165) is 24.3 Å². The second-order valence-electron chi connectivity index (χ2n) is 4.08. The molecule has 0 saturated heterocycles. The molecular weight excluding hydrogens is 404 g/mol. The van der Waals surface area contributed by atoms with E-state index in [0.29, 0.717) is 0 Å². The van der Waals surface area contributed by atoms with Crippen LogP contribution in [0.4, 0.5) is 5.69 Å². The SMILES string of the molecule is O=S(=O)(O)c1ccc2c(O)c(N=NBr)c(S(=O)(=O)O)cc2c1. The lowest BCUT2D eigenvalue weighted by atomic mass is 10.1. The minimum Gasteiger partial charge on any atom is -0.505 e. The van der Waals surface area contributed by atoms with Crippen molar-refractivity contribution < 1.29 is 31.0 Å². The third kappa shape index (κ3) is 3.10. The smallest absolute Gasteiger partial charge is 0.296 e. The van der Waals surface area contributed by atoms with Crippen LogP contribution < -0.4 is 0 Å². The molecule has 9 nitrogen and oxygen atoms in total. The Morgan fingerprint density at radius 3 is 2.14 bits per heavy atom. The zero-order chi connectivity index (χ0) is 16.7. The van der Waals surface area contributed by atoms with Gasteiger partial charge < -0.3 is 5.11 Å². The van der Waals surface area contributed by atoms with Crippen LogP contribution in [0.1, 0.15) is 0 Å². The van der Waals surface area contributed by atoms with E-state index in [1.165, 1.54) is 0 Å². The number of hydrogen-bond acceptors (Lipinski definition) is 7. The molecule has 0 saturated carbocycles. The Labute approximate surface area is 133 Å². The Morgan fingerprint density at radius 2 is 1.64 bits per heavy atom. The molecule has 0 unspecified atom stereocenters. The lowest BCUT2D eigenvalue weighted by Gasteiger charge is -2.09. The van der Waals surface area contributed by atoms with Crippen molar-refractivity contribution in [3.05, 3.63) is 24.3 Å². The summed E-state index contributed by atoms with van der Waals surface area (Å²) in [5, 5.41) is 13.4. The molecule has 0 fully saturated rings. The number of hydrogen-bond donors (Lipinski definition) is 3. The van der Waals surface area contributed by atoms with Gasteiger partial charge in [-0.1, -0.05) is 0 Å². The fourth-order valence-electron chi connectivity index (χ4n) is 1.82. The van der Waals surface area contributed by atoms with Crippen LogP contribution in [-0.2, 0) is 20.2 Å². The van der Waals surface area contributed by atoms with Crippen molar-refractivity contribution in [1.82, 2.24) is 0 Å². The van der Waals surface area contributed by atoms with E-state index >= 15 is 0 Å². The standard InChI is InChI=1S/C10H7BrN2O7S2/c11-13-12-9-8(22(18,19)20)4-5-3-6(21(15,16)17)1-2-7(5)10(9)14/h1-4,14H,(H,15,16,17)(H,18,19,20). The van der Waals surface area contributed by atoms with E-state index in [4.69, 9.17) is 4.55 Å². The van der Waals surface area contributed by atoms with Gasteiger partial charge in [-0.3, -0.25) is 9.11 Å². The number of halogens is 1. The first-order chi connectivity index (χ1) is 10.1. The molecule has 118 valence electrons. The van der Waals surface area contributed by atoms with Crippen LogP contribution in [0, 0.1) is 0 Å². The molecule has 0 atom stereocenters. The summed E-state index contributed by atoms with van der Waals surface area (Å²) in [5.74, 6) is -0.629. The molecule has 2 aromatic carbocycles. The van der Waals surface area contributed by atoms with Gasteiger partial charge in [-0.15, -0.1) is 9.25 Å². The molecule has 0 aliphatic rings. The number of fused-ring (bicyclic) bond motifs is 1. The Bertz CT molecular complexity index is 1000. The maximum Gasteiger partial charge on any atom is 0.296 e. The van der Waals surface area contributed by atoms with E-state index in [9.17, 15) is 26.5 Å². The first-order valence-corrected chi connectivity index (χ1v) is 8.91. The Hall–Kier alpha value is -1.60. The molecule has 0 spiro atoms. The van der Waals surface area contributed by atoms with Crippen molar-refractivity contribution in [2.24, 2.45) is 9.25 Å². The molecule has 0 heterocycles. The number of phenolic OH excluding ortho intramolecular Hbond substituents is 1. The molecule has 0 aliphatic heterocycles. The quantitative estimate of drug-likeness (QED) is 0.518. The van der Waals surface area contributed by atoms with Gasteiger partial charge in [-0.25, -0.2) is 0 Å². The fourth-order valence-corrected chi connectivity index (χ4v) is 3.15. The predicted molar refractivity (Wildman–Crippen MR) is 78.7 cm³/mol. The molecule has 22 heavy (non-hydrogen) atoms. The van der Waals surface area contributed by atoms with Gasteiger partial charge in [0.2, 0.25) is 0 Å². The minimum absolute atomic E-state index is 0.0474. The number of benzene rings is 2. The van der Waals surface area contributed by atoms with Crippen LogP contribution in [0.2, 0.25) is 0 Å². The molecule has 2 aromatic rings. The zero-order valence-electron chi connectivity index (χ0n) is 10.4. The van der Waals surface area contributed by atoms with Gasteiger partial charge >= 0.3 is 0 Å². The van der Waals surface area contributed by atoms with Crippen molar-refractivity contribution >= 4 is 52.8 Å². The second kappa shape index (κ2) is 5.55. The van der Waals surface area contributed by atoms with Gasteiger partial charge in [-0.05, 0) is 29.7 Å². The number of phenols is 1. The van der Waals surface area contributed by atoms with Crippen molar-refractivity contribution in [2.75, 3.05) is 0 Å². The average Bonchev–Trinajstić information content (AvgIpc) is 2.39. The van der Waals surface area contributed by atoms with Crippen LogP contribution >= 0.6 is 16.1 Å². The summed E-state index contributed by atoms with van der Waals surface area (Å²) in [5.41, 5.74) is -0.522. The molecule has 12 heteroatoms. The third-order valence-corrected chi connectivity index (χ3v) is 4.61. The highest BCUT2D eigenvalue weighted by molar-refractivity contribution is 9.08. The highest BCUT2D eigenvalue weighted by Gasteiger charge is 2.23. The Kier molecular flexibility index (Phi) is 4.23. The highest BCUT2D eigenvalue weighted by atomic mass is 79.9. The fraction of sp³-hybridized carbons (Fsp3) is 0. The molecule has 0 aliphatic carbocycles. The largest absolute Gasteiger partial charge is 0.505 e. The highest BCUT2D eigenvalue weighted by Crippen LogP contribution is 2.41. The van der Waals surface area contributed by atoms with Crippen molar-refractivity contribution in [3.63, 3.8) is 0 Å². The summed E-state index contributed by atoms with van der Waals surface area (Å²) < 4.78 is 66.3. The number of aromatic hydroxyl groups is 1. The molecule has 3 N–H and O–H groups in total. The first kappa shape index (κ1) is 16.8. The van der Waals surface area contributed by atoms with Gasteiger partial charge in [0.15, 0.2) is 5.75 Å². The summed E-state index contributed by atoms with van der Waals surface area (Å²) >= 11 is 2.58. The topological polar surface area (TPSA) is 154 Å².